The third kappa shape index (κ3) is 3.16. The second kappa shape index (κ2) is 6.81. The molecule has 1 aromatic carbocycles. The molecule has 0 aliphatic rings. The molecule has 0 saturated heterocycles. The van der Waals surface area contributed by atoms with Gasteiger partial charge in [0.25, 0.3) is 11.8 Å². The molecule has 26 heavy (non-hydrogen) atoms. The molecule has 130 valence electrons. The van der Waals surface area contributed by atoms with Crippen molar-refractivity contribution >= 4 is 23.2 Å². The molecule has 4 aromatic rings. The molecular weight excluding hydrogens is 377 g/mol. The van der Waals surface area contributed by atoms with E-state index in [1.54, 1.807) is 36.7 Å². The van der Waals surface area contributed by atoms with Gasteiger partial charge >= 0.3 is 0 Å². The van der Waals surface area contributed by atoms with Crippen molar-refractivity contribution in [3.8, 4) is 17.4 Å². The SMILES string of the molecule is CC(c1noc(-c2cc(Cl)cc(Cl)c2)n1)c1ncnn1-c1ncccn1. The summed E-state index contributed by atoms with van der Waals surface area (Å²) >= 11 is 12.1. The molecule has 0 amide bonds. The van der Waals surface area contributed by atoms with E-state index in [-0.39, 0.29) is 5.92 Å². The van der Waals surface area contributed by atoms with E-state index in [2.05, 4.69) is 30.2 Å². The number of hydrogen-bond donors (Lipinski definition) is 0. The van der Waals surface area contributed by atoms with Crippen molar-refractivity contribution < 1.29 is 4.52 Å². The minimum Gasteiger partial charge on any atom is -0.334 e. The van der Waals surface area contributed by atoms with Crippen LogP contribution in [0.2, 0.25) is 10.0 Å². The Hall–Kier alpha value is -2.84. The van der Waals surface area contributed by atoms with Gasteiger partial charge in [0.05, 0.1) is 5.92 Å². The number of hydrogen-bond acceptors (Lipinski definition) is 7. The lowest BCUT2D eigenvalue weighted by Crippen LogP contribution is -2.11. The summed E-state index contributed by atoms with van der Waals surface area (Å²) in [5.41, 5.74) is 0.640. The van der Waals surface area contributed by atoms with E-state index in [1.165, 1.54) is 11.0 Å². The highest BCUT2D eigenvalue weighted by atomic mass is 35.5. The highest BCUT2D eigenvalue weighted by Gasteiger charge is 2.23. The molecular formula is C16H11Cl2N7O. The molecule has 0 aliphatic heterocycles. The molecule has 0 spiro atoms. The third-order valence-corrected chi connectivity index (χ3v) is 4.08. The minimum atomic E-state index is -0.298. The average Bonchev–Trinajstić information content (AvgIpc) is 3.31. The first-order valence-corrected chi connectivity index (χ1v) is 8.35. The third-order valence-electron chi connectivity index (χ3n) is 3.64. The van der Waals surface area contributed by atoms with Gasteiger partial charge in [0.15, 0.2) is 5.82 Å². The zero-order chi connectivity index (χ0) is 18.1. The average molecular weight is 388 g/mol. The summed E-state index contributed by atoms with van der Waals surface area (Å²) in [6.07, 6.45) is 4.70. The van der Waals surface area contributed by atoms with E-state index in [0.717, 1.165) is 0 Å². The summed E-state index contributed by atoms with van der Waals surface area (Å²) in [5.74, 6) is 1.47. The maximum atomic E-state index is 6.03. The standard InChI is InChI=1S/C16H11Cl2N7O/c1-9(14-21-8-22-25(14)16-19-3-2-4-20-16)13-23-15(26-24-13)10-5-11(17)7-12(18)6-10/h2-9H,1H3. The molecule has 8 nitrogen and oxygen atoms in total. The van der Waals surface area contributed by atoms with E-state index in [9.17, 15) is 0 Å². The highest BCUT2D eigenvalue weighted by Crippen LogP contribution is 2.28. The van der Waals surface area contributed by atoms with Crippen LogP contribution in [0.4, 0.5) is 0 Å². The van der Waals surface area contributed by atoms with Crippen LogP contribution in [0.15, 0.2) is 47.5 Å². The van der Waals surface area contributed by atoms with Crippen LogP contribution < -0.4 is 0 Å². The molecule has 1 atom stereocenters. The first kappa shape index (κ1) is 16.6. The molecule has 3 aromatic heterocycles. The molecule has 4 rings (SSSR count). The summed E-state index contributed by atoms with van der Waals surface area (Å²) in [4.78, 5) is 17.1. The van der Waals surface area contributed by atoms with Crippen LogP contribution in [0, 0.1) is 0 Å². The van der Waals surface area contributed by atoms with Crippen molar-refractivity contribution in [2.75, 3.05) is 0 Å². The van der Waals surface area contributed by atoms with Crippen LogP contribution in [-0.2, 0) is 0 Å². The smallest absolute Gasteiger partial charge is 0.258 e. The fraction of sp³-hybridized carbons (Fsp3) is 0.125. The maximum Gasteiger partial charge on any atom is 0.258 e. The Morgan fingerprint density at radius 1 is 1.04 bits per heavy atom. The van der Waals surface area contributed by atoms with Gasteiger partial charge in [0.1, 0.15) is 12.2 Å². The second-order valence-corrected chi connectivity index (χ2v) is 6.29. The van der Waals surface area contributed by atoms with Crippen LogP contribution in [0.5, 0.6) is 0 Å². The maximum absolute atomic E-state index is 6.03. The summed E-state index contributed by atoms with van der Waals surface area (Å²) < 4.78 is 6.90. The van der Waals surface area contributed by atoms with Crippen molar-refractivity contribution in [1.29, 1.82) is 0 Å². The van der Waals surface area contributed by atoms with Crippen molar-refractivity contribution in [3.05, 3.63) is 64.7 Å². The van der Waals surface area contributed by atoms with E-state index >= 15 is 0 Å². The Labute approximate surface area is 157 Å². The number of nitrogens with zero attached hydrogens (tertiary/aromatic N) is 7. The Morgan fingerprint density at radius 2 is 1.77 bits per heavy atom. The molecule has 0 aliphatic carbocycles. The fourth-order valence-corrected chi connectivity index (χ4v) is 2.95. The Bertz CT molecular complexity index is 1030. The van der Waals surface area contributed by atoms with Crippen LogP contribution in [0.3, 0.4) is 0 Å². The Kier molecular flexibility index (Phi) is 4.36. The Balaban J connectivity index is 1.68. The molecule has 0 bridgehead atoms. The largest absolute Gasteiger partial charge is 0.334 e. The van der Waals surface area contributed by atoms with Crippen molar-refractivity contribution in [3.63, 3.8) is 0 Å². The van der Waals surface area contributed by atoms with Gasteiger partial charge in [0, 0.05) is 28.0 Å². The van der Waals surface area contributed by atoms with E-state index in [4.69, 9.17) is 27.7 Å². The lowest BCUT2D eigenvalue weighted by molar-refractivity contribution is 0.419. The van der Waals surface area contributed by atoms with Gasteiger partial charge in [-0.2, -0.15) is 14.8 Å². The van der Waals surface area contributed by atoms with Gasteiger partial charge in [-0.15, -0.1) is 0 Å². The van der Waals surface area contributed by atoms with Crippen LogP contribution in [0.25, 0.3) is 17.4 Å². The van der Waals surface area contributed by atoms with Crippen LogP contribution >= 0.6 is 23.2 Å². The molecule has 0 fully saturated rings. The zero-order valence-corrected chi connectivity index (χ0v) is 14.9. The minimum absolute atomic E-state index is 0.298. The van der Waals surface area contributed by atoms with Gasteiger partial charge in [-0.3, -0.25) is 0 Å². The Morgan fingerprint density at radius 3 is 2.50 bits per heavy atom. The number of rotatable bonds is 4. The molecule has 10 heteroatoms. The monoisotopic (exact) mass is 387 g/mol. The second-order valence-electron chi connectivity index (χ2n) is 5.42. The highest BCUT2D eigenvalue weighted by molar-refractivity contribution is 6.35. The van der Waals surface area contributed by atoms with Crippen molar-refractivity contribution in [2.24, 2.45) is 0 Å². The van der Waals surface area contributed by atoms with Crippen LogP contribution in [-0.4, -0.2) is 34.9 Å². The number of halogens is 2. The first-order chi connectivity index (χ1) is 12.6. The van der Waals surface area contributed by atoms with Gasteiger partial charge in [-0.1, -0.05) is 28.4 Å². The quantitative estimate of drug-likeness (QED) is 0.527. The molecule has 1 unspecified atom stereocenters. The molecule has 0 saturated carbocycles. The van der Waals surface area contributed by atoms with E-state index < -0.39 is 0 Å². The van der Waals surface area contributed by atoms with Crippen molar-refractivity contribution in [1.82, 2.24) is 34.9 Å². The summed E-state index contributed by atoms with van der Waals surface area (Å²) in [6, 6.07) is 6.77. The normalized spacial score (nSPS) is 12.3. The van der Waals surface area contributed by atoms with Crippen molar-refractivity contribution in [2.45, 2.75) is 12.8 Å². The molecule has 3 heterocycles. The predicted octanol–water partition coefficient (Wildman–Crippen LogP) is 3.57. The van der Waals surface area contributed by atoms with E-state index in [1.807, 2.05) is 6.92 Å². The summed E-state index contributed by atoms with van der Waals surface area (Å²) in [5, 5.41) is 9.20. The van der Waals surface area contributed by atoms with Crippen LogP contribution in [0.1, 0.15) is 24.5 Å². The summed E-state index contributed by atoms with van der Waals surface area (Å²) in [7, 11) is 0. The lowest BCUT2D eigenvalue weighted by Gasteiger charge is -2.07. The predicted molar refractivity (Wildman–Crippen MR) is 94.2 cm³/mol. The fourth-order valence-electron chi connectivity index (χ4n) is 2.42. The van der Waals surface area contributed by atoms with Gasteiger partial charge in [-0.25, -0.2) is 15.0 Å². The summed E-state index contributed by atoms with van der Waals surface area (Å²) in [6.45, 7) is 1.89. The number of benzene rings is 1. The van der Waals surface area contributed by atoms with Gasteiger partial charge < -0.3 is 4.52 Å². The molecule has 0 N–H and O–H groups in total. The number of aromatic nitrogens is 7. The lowest BCUT2D eigenvalue weighted by atomic mass is 10.1. The zero-order valence-electron chi connectivity index (χ0n) is 13.4. The van der Waals surface area contributed by atoms with Gasteiger partial charge in [-0.05, 0) is 31.2 Å². The van der Waals surface area contributed by atoms with E-state index in [0.29, 0.717) is 39.1 Å². The van der Waals surface area contributed by atoms with Gasteiger partial charge in [0.2, 0.25) is 0 Å². The molecule has 0 radical (unpaired) electrons. The topological polar surface area (TPSA) is 95.4 Å². The first-order valence-electron chi connectivity index (χ1n) is 7.59.